The van der Waals surface area contributed by atoms with Crippen LogP contribution >= 0.6 is 23.8 Å². The van der Waals surface area contributed by atoms with Crippen LogP contribution in [-0.4, -0.2) is 62.2 Å². The summed E-state index contributed by atoms with van der Waals surface area (Å²) in [4.78, 5) is 29.4. The van der Waals surface area contributed by atoms with E-state index < -0.39 is 5.91 Å². The number of carbonyl (C=O) groups excluding carboxylic acids is 2. The Kier molecular flexibility index (Phi) is 8.47. The zero-order chi connectivity index (χ0) is 26.4. The Balaban J connectivity index is 1.34. The lowest BCUT2D eigenvalue weighted by molar-refractivity contribution is 0.0746. The van der Waals surface area contributed by atoms with Crippen molar-refractivity contribution in [1.29, 1.82) is 0 Å². The first-order valence-electron chi connectivity index (χ1n) is 11.6. The molecular formula is C27H27ClN4O4S. The molecule has 1 saturated heterocycles. The summed E-state index contributed by atoms with van der Waals surface area (Å²) in [7, 11) is 3.03. The van der Waals surface area contributed by atoms with E-state index in [2.05, 4.69) is 15.5 Å². The first-order chi connectivity index (χ1) is 17.9. The SMILES string of the molecule is COc1cc(OC)cc(C(=O)NC(=S)Nc2ccc(N3CCN(C(=O)c4ccccc4)CC3)c(Cl)c2)c1. The van der Waals surface area contributed by atoms with Crippen molar-refractivity contribution >= 4 is 52.1 Å². The summed E-state index contributed by atoms with van der Waals surface area (Å²) in [5.41, 5.74) is 2.55. The normalized spacial score (nSPS) is 13.1. The number of thiocarbonyl (C=S) groups is 1. The van der Waals surface area contributed by atoms with E-state index in [-0.39, 0.29) is 11.0 Å². The smallest absolute Gasteiger partial charge is 0.257 e. The molecule has 192 valence electrons. The summed E-state index contributed by atoms with van der Waals surface area (Å²) in [6.45, 7) is 2.55. The van der Waals surface area contributed by atoms with Crippen molar-refractivity contribution in [1.82, 2.24) is 10.2 Å². The van der Waals surface area contributed by atoms with Gasteiger partial charge in [-0.15, -0.1) is 0 Å². The predicted octanol–water partition coefficient (Wildman–Crippen LogP) is 4.45. The number of nitrogens with one attached hydrogen (secondary N) is 2. The molecule has 0 bridgehead atoms. The second kappa shape index (κ2) is 11.9. The number of hydrogen-bond acceptors (Lipinski definition) is 6. The Labute approximate surface area is 226 Å². The van der Waals surface area contributed by atoms with E-state index in [9.17, 15) is 9.59 Å². The van der Waals surface area contributed by atoms with E-state index in [1.165, 1.54) is 14.2 Å². The topological polar surface area (TPSA) is 83.1 Å². The second-order valence-electron chi connectivity index (χ2n) is 8.32. The van der Waals surface area contributed by atoms with Crippen molar-refractivity contribution in [3.05, 3.63) is 82.9 Å². The molecule has 4 rings (SSSR count). The van der Waals surface area contributed by atoms with Crippen LogP contribution in [0.2, 0.25) is 5.02 Å². The Bertz CT molecular complexity index is 1270. The Morgan fingerprint density at radius 1 is 0.865 bits per heavy atom. The van der Waals surface area contributed by atoms with Gasteiger partial charge in [0.15, 0.2) is 5.11 Å². The van der Waals surface area contributed by atoms with Crippen molar-refractivity contribution in [2.75, 3.05) is 50.6 Å². The number of halogens is 1. The highest BCUT2D eigenvalue weighted by atomic mass is 35.5. The number of hydrogen-bond donors (Lipinski definition) is 2. The van der Waals surface area contributed by atoms with E-state index >= 15 is 0 Å². The molecule has 10 heteroatoms. The monoisotopic (exact) mass is 538 g/mol. The van der Waals surface area contributed by atoms with E-state index in [1.807, 2.05) is 47.4 Å². The molecule has 0 spiro atoms. The molecule has 1 fully saturated rings. The van der Waals surface area contributed by atoms with Crippen LogP contribution in [0.4, 0.5) is 11.4 Å². The molecule has 0 saturated carbocycles. The van der Waals surface area contributed by atoms with Crippen LogP contribution in [0.5, 0.6) is 11.5 Å². The van der Waals surface area contributed by atoms with Gasteiger partial charge in [0.25, 0.3) is 11.8 Å². The van der Waals surface area contributed by atoms with Crippen molar-refractivity contribution in [3.63, 3.8) is 0 Å². The van der Waals surface area contributed by atoms with Gasteiger partial charge < -0.3 is 24.6 Å². The van der Waals surface area contributed by atoms with Gasteiger partial charge in [-0.3, -0.25) is 14.9 Å². The molecule has 0 atom stereocenters. The highest BCUT2D eigenvalue weighted by Gasteiger charge is 2.23. The Hall–Kier alpha value is -3.82. The number of nitrogens with zero attached hydrogens (tertiary/aromatic N) is 2. The minimum atomic E-state index is -0.402. The minimum Gasteiger partial charge on any atom is -0.497 e. The third kappa shape index (κ3) is 6.49. The fourth-order valence-electron chi connectivity index (χ4n) is 4.03. The van der Waals surface area contributed by atoms with Crippen LogP contribution in [0.15, 0.2) is 66.7 Å². The molecule has 1 heterocycles. The van der Waals surface area contributed by atoms with E-state index in [4.69, 9.17) is 33.3 Å². The van der Waals surface area contributed by atoms with Gasteiger partial charge in [-0.05, 0) is 54.7 Å². The van der Waals surface area contributed by atoms with Crippen LogP contribution in [-0.2, 0) is 0 Å². The molecule has 0 radical (unpaired) electrons. The largest absolute Gasteiger partial charge is 0.497 e. The number of benzene rings is 3. The molecule has 8 nitrogen and oxygen atoms in total. The van der Waals surface area contributed by atoms with Crippen molar-refractivity contribution in [2.24, 2.45) is 0 Å². The molecule has 2 N–H and O–H groups in total. The lowest BCUT2D eigenvalue weighted by Crippen LogP contribution is -2.48. The van der Waals surface area contributed by atoms with Crippen molar-refractivity contribution in [2.45, 2.75) is 0 Å². The Morgan fingerprint density at radius 3 is 2.11 bits per heavy atom. The molecule has 1 aliphatic rings. The number of ether oxygens (including phenoxy) is 2. The van der Waals surface area contributed by atoms with Crippen LogP contribution in [0.3, 0.4) is 0 Å². The van der Waals surface area contributed by atoms with E-state index in [1.54, 1.807) is 24.3 Å². The van der Waals surface area contributed by atoms with Gasteiger partial charge in [-0.2, -0.15) is 0 Å². The molecule has 3 aromatic carbocycles. The molecule has 0 unspecified atom stereocenters. The molecular weight excluding hydrogens is 512 g/mol. The van der Waals surface area contributed by atoms with Crippen molar-refractivity contribution < 1.29 is 19.1 Å². The number of anilines is 2. The lowest BCUT2D eigenvalue weighted by Gasteiger charge is -2.36. The van der Waals surface area contributed by atoms with Gasteiger partial charge in [0.1, 0.15) is 11.5 Å². The number of piperazine rings is 1. The third-order valence-corrected chi connectivity index (χ3v) is 6.48. The van der Waals surface area contributed by atoms with Crippen LogP contribution in [0.25, 0.3) is 0 Å². The summed E-state index contributed by atoms with van der Waals surface area (Å²) in [5, 5.41) is 6.31. The van der Waals surface area contributed by atoms with Crippen LogP contribution in [0.1, 0.15) is 20.7 Å². The number of carbonyl (C=O) groups is 2. The average molecular weight is 539 g/mol. The Morgan fingerprint density at radius 2 is 1.51 bits per heavy atom. The third-order valence-electron chi connectivity index (χ3n) is 5.97. The van der Waals surface area contributed by atoms with E-state index in [0.29, 0.717) is 59.5 Å². The highest BCUT2D eigenvalue weighted by Crippen LogP contribution is 2.30. The summed E-state index contributed by atoms with van der Waals surface area (Å²) < 4.78 is 10.4. The van der Waals surface area contributed by atoms with Gasteiger partial charge >= 0.3 is 0 Å². The maximum Gasteiger partial charge on any atom is 0.257 e. The molecule has 0 aliphatic carbocycles. The summed E-state index contributed by atoms with van der Waals surface area (Å²) >= 11 is 11.9. The standard InChI is InChI=1S/C27H27ClN4O4S/c1-35-21-14-19(15-22(17-21)36-2)25(33)30-27(37)29-20-8-9-24(23(28)16-20)31-10-12-32(13-11-31)26(34)18-6-4-3-5-7-18/h3-9,14-17H,10-13H2,1-2H3,(H2,29,30,33,37). The molecule has 0 aromatic heterocycles. The molecule has 1 aliphatic heterocycles. The van der Waals surface area contributed by atoms with Gasteiger partial charge in [-0.1, -0.05) is 29.8 Å². The maximum atomic E-state index is 12.7. The lowest BCUT2D eigenvalue weighted by atomic mass is 10.1. The molecule has 3 aromatic rings. The van der Waals surface area contributed by atoms with E-state index in [0.717, 1.165) is 5.69 Å². The zero-order valence-corrected chi connectivity index (χ0v) is 22.1. The summed E-state index contributed by atoms with van der Waals surface area (Å²) in [5.74, 6) is 0.626. The van der Waals surface area contributed by atoms with Crippen LogP contribution in [0, 0.1) is 0 Å². The fourth-order valence-corrected chi connectivity index (χ4v) is 4.54. The van der Waals surface area contributed by atoms with Crippen LogP contribution < -0.4 is 25.0 Å². The highest BCUT2D eigenvalue weighted by molar-refractivity contribution is 7.80. The van der Waals surface area contributed by atoms with Crippen molar-refractivity contribution in [3.8, 4) is 11.5 Å². The van der Waals surface area contributed by atoms with Gasteiger partial charge in [-0.25, -0.2) is 0 Å². The maximum absolute atomic E-state index is 12.7. The van der Waals surface area contributed by atoms with Gasteiger partial charge in [0.05, 0.1) is 24.9 Å². The summed E-state index contributed by atoms with van der Waals surface area (Å²) in [6, 6.07) is 19.7. The quantitative estimate of drug-likeness (QED) is 0.449. The average Bonchev–Trinajstić information content (AvgIpc) is 2.93. The minimum absolute atomic E-state index is 0.0360. The summed E-state index contributed by atoms with van der Waals surface area (Å²) in [6.07, 6.45) is 0. The molecule has 37 heavy (non-hydrogen) atoms. The first kappa shape index (κ1) is 26.2. The first-order valence-corrected chi connectivity index (χ1v) is 12.4. The fraction of sp³-hybridized carbons (Fsp3) is 0.222. The molecule has 2 amide bonds. The zero-order valence-electron chi connectivity index (χ0n) is 20.5. The number of methoxy groups -OCH3 is 2. The number of amides is 2. The number of rotatable bonds is 6. The van der Waals surface area contributed by atoms with Gasteiger partial charge in [0.2, 0.25) is 0 Å². The predicted molar refractivity (Wildman–Crippen MR) is 149 cm³/mol. The second-order valence-corrected chi connectivity index (χ2v) is 9.14. The van der Waals surface area contributed by atoms with Gasteiger partial charge in [0, 0.05) is 49.1 Å².